The summed E-state index contributed by atoms with van der Waals surface area (Å²) in [7, 11) is 0. The van der Waals surface area contributed by atoms with Crippen LogP contribution in [0.2, 0.25) is 0 Å². The van der Waals surface area contributed by atoms with E-state index in [1.54, 1.807) is 6.07 Å². The van der Waals surface area contributed by atoms with Gasteiger partial charge in [-0.2, -0.15) is 0 Å². The molecule has 0 radical (unpaired) electrons. The summed E-state index contributed by atoms with van der Waals surface area (Å²) in [6, 6.07) is 5.02. The van der Waals surface area contributed by atoms with E-state index < -0.39 is 0 Å². The van der Waals surface area contributed by atoms with Gasteiger partial charge in [-0.25, -0.2) is 9.37 Å². The van der Waals surface area contributed by atoms with Crippen molar-refractivity contribution in [3.8, 4) is 0 Å². The van der Waals surface area contributed by atoms with Gasteiger partial charge in [-0.1, -0.05) is 6.07 Å². The Hall–Kier alpha value is -0.940. The Labute approximate surface area is 107 Å². The number of nitrogens with one attached hydrogen (secondary N) is 1. The maximum absolute atomic E-state index is 13.8. The van der Waals surface area contributed by atoms with E-state index in [1.807, 2.05) is 10.6 Å². The average molecular weight is 298 g/mol. The minimum atomic E-state index is -0.202. The van der Waals surface area contributed by atoms with E-state index >= 15 is 0 Å². The van der Waals surface area contributed by atoms with Gasteiger partial charge in [0, 0.05) is 6.54 Å². The Morgan fingerprint density at radius 1 is 1.53 bits per heavy atom. The van der Waals surface area contributed by atoms with Crippen LogP contribution in [0.1, 0.15) is 6.42 Å². The molecule has 0 aliphatic carbocycles. The summed E-state index contributed by atoms with van der Waals surface area (Å²) in [4.78, 5) is 4.34. The van der Waals surface area contributed by atoms with Gasteiger partial charge in [0.15, 0.2) is 4.73 Å². The number of hydrogen-bond donors (Lipinski definition) is 1. The molecule has 1 aromatic carbocycles. The van der Waals surface area contributed by atoms with Gasteiger partial charge in [-0.05, 0) is 53.5 Å². The molecule has 2 heterocycles. The Balaban J connectivity index is 2.04. The van der Waals surface area contributed by atoms with Crippen molar-refractivity contribution in [2.24, 2.45) is 5.92 Å². The Bertz CT molecular complexity index is 546. The van der Waals surface area contributed by atoms with Crippen molar-refractivity contribution in [2.75, 3.05) is 13.1 Å². The number of aromatic nitrogens is 2. The third kappa shape index (κ3) is 1.98. The minimum Gasteiger partial charge on any atom is -0.316 e. The molecule has 0 saturated carbocycles. The van der Waals surface area contributed by atoms with Crippen LogP contribution in [-0.4, -0.2) is 22.6 Å². The van der Waals surface area contributed by atoms with Crippen LogP contribution in [0.25, 0.3) is 11.0 Å². The first-order valence-electron chi connectivity index (χ1n) is 5.76. The molecule has 1 atom stereocenters. The number of nitrogens with zero attached hydrogens (tertiary/aromatic N) is 2. The molecule has 0 spiro atoms. The van der Waals surface area contributed by atoms with Gasteiger partial charge in [-0.15, -0.1) is 0 Å². The fourth-order valence-corrected chi connectivity index (χ4v) is 2.92. The summed E-state index contributed by atoms with van der Waals surface area (Å²) in [6.45, 7) is 2.86. The normalized spacial score (nSPS) is 20.2. The molecule has 1 fully saturated rings. The van der Waals surface area contributed by atoms with E-state index in [2.05, 4.69) is 26.2 Å². The number of rotatable bonds is 2. The van der Waals surface area contributed by atoms with E-state index in [4.69, 9.17) is 0 Å². The zero-order chi connectivity index (χ0) is 11.8. The molecule has 1 unspecified atom stereocenters. The number of fused-ring (bicyclic) bond motifs is 1. The summed E-state index contributed by atoms with van der Waals surface area (Å²) >= 11 is 3.42. The molecule has 1 N–H and O–H groups in total. The van der Waals surface area contributed by atoms with Crippen LogP contribution in [0.4, 0.5) is 4.39 Å². The molecule has 5 heteroatoms. The summed E-state index contributed by atoms with van der Waals surface area (Å²) in [5, 5.41) is 3.32. The zero-order valence-corrected chi connectivity index (χ0v) is 10.9. The predicted octanol–water partition coefficient (Wildman–Crippen LogP) is 2.55. The SMILES string of the molecule is Fc1cccc2nc(Br)n(CC3CCNC3)c12. The van der Waals surface area contributed by atoms with Crippen LogP contribution in [0.3, 0.4) is 0 Å². The summed E-state index contributed by atoms with van der Waals surface area (Å²) < 4.78 is 16.5. The van der Waals surface area contributed by atoms with Crippen molar-refractivity contribution in [3.63, 3.8) is 0 Å². The number of benzene rings is 1. The average Bonchev–Trinajstić information content (AvgIpc) is 2.89. The molecule has 1 aliphatic rings. The van der Waals surface area contributed by atoms with Crippen LogP contribution in [-0.2, 0) is 6.54 Å². The molecule has 0 bridgehead atoms. The second-order valence-electron chi connectivity index (χ2n) is 4.46. The lowest BCUT2D eigenvalue weighted by Crippen LogP contribution is -2.14. The quantitative estimate of drug-likeness (QED) is 0.923. The van der Waals surface area contributed by atoms with Crippen LogP contribution in [0.5, 0.6) is 0 Å². The van der Waals surface area contributed by atoms with Crippen LogP contribution < -0.4 is 5.32 Å². The highest BCUT2D eigenvalue weighted by atomic mass is 79.9. The third-order valence-electron chi connectivity index (χ3n) is 3.27. The maximum Gasteiger partial charge on any atom is 0.178 e. The molecule has 3 rings (SSSR count). The standard InChI is InChI=1S/C12H13BrFN3/c13-12-16-10-3-1-2-9(14)11(10)17(12)7-8-4-5-15-6-8/h1-3,8,15H,4-7H2. The molecular weight excluding hydrogens is 285 g/mol. The van der Waals surface area contributed by atoms with Gasteiger partial charge in [0.2, 0.25) is 0 Å². The number of para-hydroxylation sites is 1. The monoisotopic (exact) mass is 297 g/mol. The van der Waals surface area contributed by atoms with E-state index in [0.717, 1.165) is 26.1 Å². The molecule has 2 aromatic rings. The highest BCUT2D eigenvalue weighted by Gasteiger charge is 2.19. The lowest BCUT2D eigenvalue weighted by Gasteiger charge is -2.11. The molecule has 90 valence electrons. The first-order chi connectivity index (χ1) is 8.25. The van der Waals surface area contributed by atoms with Gasteiger partial charge in [0.1, 0.15) is 11.3 Å². The Morgan fingerprint density at radius 3 is 3.18 bits per heavy atom. The number of imidazole rings is 1. The fraction of sp³-hybridized carbons (Fsp3) is 0.417. The predicted molar refractivity (Wildman–Crippen MR) is 68.4 cm³/mol. The fourth-order valence-electron chi connectivity index (χ4n) is 2.41. The Morgan fingerprint density at radius 2 is 2.41 bits per heavy atom. The smallest absolute Gasteiger partial charge is 0.178 e. The highest BCUT2D eigenvalue weighted by Crippen LogP contribution is 2.25. The second kappa shape index (κ2) is 4.38. The van der Waals surface area contributed by atoms with Gasteiger partial charge in [0.05, 0.1) is 5.52 Å². The molecule has 1 aliphatic heterocycles. The summed E-state index contributed by atoms with van der Waals surface area (Å²) in [5.74, 6) is 0.356. The molecular formula is C12H13BrFN3. The number of hydrogen-bond acceptors (Lipinski definition) is 2. The topological polar surface area (TPSA) is 29.9 Å². The minimum absolute atomic E-state index is 0.202. The molecule has 1 saturated heterocycles. The molecule has 0 amide bonds. The summed E-state index contributed by atoms with van der Waals surface area (Å²) in [5.41, 5.74) is 1.31. The van der Waals surface area contributed by atoms with Gasteiger partial charge in [-0.3, -0.25) is 0 Å². The van der Waals surface area contributed by atoms with E-state index in [-0.39, 0.29) is 5.82 Å². The lowest BCUT2D eigenvalue weighted by atomic mass is 10.1. The number of halogens is 2. The van der Waals surface area contributed by atoms with E-state index in [9.17, 15) is 4.39 Å². The van der Waals surface area contributed by atoms with E-state index in [1.165, 1.54) is 6.07 Å². The molecule has 1 aromatic heterocycles. The Kier molecular flexibility index (Phi) is 2.88. The first kappa shape index (κ1) is 11.2. The van der Waals surface area contributed by atoms with Crippen molar-refractivity contribution in [2.45, 2.75) is 13.0 Å². The van der Waals surface area contributed by atoms with Gasteiger partial charge < -0.3 is 9.88 Å². The van der Waals surface area contributed by atoms with Crippen molar-refractivity contribution in [1.82, 2.24) is 14.9 Å². The van der Waals surface area contributed by atoms with Gasteiger partial charge >= 0.3 is 0 Å². The molecule has 17 heavy (non-hydrogen) atoms. The van der Waals surface area contributed by atoms with Crippen LogP contribution >= 0.6 is 15.9 Å². The van der Waals surface area contributed by atoms with Crippen molar-refractivity contribution >= 4 is 27.0 Å². The maximum atomic E-state index is 13.8. The van der Waals surface area contributed by atoms with Crippen molar-refractivity contribution < 1.29 is 4.39 Å². The summed E-state index contributed by atoms with van der Waals surface area (Å²) in [6.07, 6.45) is 1.14. The lowest BCUT2D eigenvalue weighted by molar-refractivity contribution is 0.479. The zero-order valence-electron chi connectivity index (χ0n) is 9.29. The van der Waals surface area contributed by atoms with E-state index in [0.29, 0.717) is 21.7 Å². The molecule has 3 nitrogen and oxygen atoms in total. The third-order valence-corrected chi connectivity index (χ3v) is 3.88. The first-order valence-corrected chi connectivity index (χ1v) is 6.56. The largest absolute Gasteiger partial charge is 0.316 e. The van der Waals surface area contributed by atoms with Crippen LogP contribution in [0, 0.1) is 11.7 Å². The highest BCUT2D eigenvalue weighted by molar-refractivity contribution is 9.10. The van der Waals surface area contributed by atoms with Crippen LogP contribution in [0.15, 0.2) is 22.9 Å². The second-order valence-corrected chi connectivity index (χ2v) is 5.17. The van der Waals surface area contributed by atoms with Crippen molar-refractivity contribution in [1.29, 1.82) is 0 Å². The van der Waals surface area contributed by atoms with Gasteiger partial charge in [0.25, 0.3) is 0 Å². The van der Waals surface area contributed by atoms with Crippen molar-refractivity contribution in [3.05, 3.63) is 28.7 Å².